The molecule has 0 spiro atoms. The Kier molecular flexibility index (Phi) is 4.59. The molecule has 3 nitrogen and oxygen atoms in total. The van der Waals surface area contributed by atoms with Gasteiger partial charge in [-0.15, -0.1) is 11.3 Å². The monoisotopic (exact) mass is 212 g/mol. The van der Waals surface area contributed by atoms with Crippen molar-refractivity contribution in [2.24, 2.45) is 0 Å². The molecule has 0 saturated carbocycles. The summed E-state index contributed by atoms with van der Waals surface area (Å²) < 4.78 is 0. The molecule has 0 aliphatic carbocycles. The van der Waals surface area contributed by atoms with E-state index in [0.29, 0.717) is 6.42 Å². The number of thiazole rings is 1. The minimum atomic E-state index is 0.226. The van der Waals surface area contributed by atoms with E-state index in [1.165, 1.54) is 0 Å². The van der Waals surface area contributed by atoms with Crippen LogP contribution in [0, 0.1) is 0 Å². The molecule has 1 amide bonds. The zero-order valence-corrected chi connectivity index (χ0v) is 9.51. The number of likely N-dealkylation sites (N-methyl/N-ethyl adjacent to an activating group) is 1. The number of amides is 1. The maximum Gasteiger partial charge on any atom is 0.222 e. The van der Waals surface area contributed by atoms with E-state index in [0.717, 1.165) is 24.5 Å². The largest absolute Gasteiger partial charge is 0.343 e. The molecule has 1 aromatic rings. The van der Waals surface area contributed by atoms with Gasteiger partial charge in [-0.25, -0.2) is 4.98 Å². The molecule has 0 unspecified atom stereocenters. The summed E-state index contributed by atoms with van der Waals surface area (Å²) in [5.74, 6) is 0.226. The number of hydrogen-bond acceptors (Lipinski definition) is 3. The predicted molar refractivity (Wildman–Crippen MR) is 58.4 cm³/mol. The minimum Gasteiger partial charge on any atom is -0.343 e. The Morgan fingerprint density at radius 1 is 1.57 bits per heavy atom. The van der Waals surface area contributed by atoms with Crippen molar-refractivity contribution in [3.8, 4) is 0 Å². The maximum atomic E-state index is 11.4. The van der Waals surface area contributed by atoms with Crippen LogP contribution in [0.5, 0.6) is 0 Å². The van der Waals surface area contributed by atoms with Gasteiger partial charge in [0.1, 0.15) is 0 Å². The standard InChI is InChI=1S/C10H16N2OS/c1-3-10(13)12(4-2)7-5-9-11-6-8-14-9/h6,8H,3-5,7H2,1-2H3. The average Bonchev–Trinajstić information content (AvgIpc) is 2.71. The summed E-state index contributed by atoms with van der Waals surface area (Å²) in [5, 5.41) is 3.07. The third kappa shape index (κ3) is 3.10. The van der Waals surface area contributed by atoms with Crippen molar-refractivity contribution in [3.63, 3.8) is 0 Å². The number of carbonyl (C=O) groups is 1. The van der Waals surface area contributed by atoms with E-state index >= 15 is 0 Å². The first-order chi connectivity index (χ1) is 6.77. The summed E-state index contributed by atoms with van der Waals surface area (Å²) >= 11 is 1.65. The second kappa shape index (κ2) is 5.75. The highest BCUT2D eigenvalue weighted by Gasteiger charge is 2.09. The first-order valence-electron chi connectivity index (χ1n) is 4.94. The normalized spacial score (nSPS) is 10.1. The smallest absolute Gasteiger partial charge is 0.222 e. The number of carbonyl (C=O) groups excluding carboxylic acids is 1. The first kappa shape index (κ1) is 11.2. The second-order valence-corrected chi connectivity index (χ2v) is 3.98. The van der Waals surface area contributed by atoms with Gasteiger partial charge < -0.3 is 4.90 Å². The van der Waals surface area contributed by atoms with Crippen molar-refractivity contribution in [1.82, 2.24) is 9.88 Å². The molecule has 0 aliphatic heterocycles. The molecule has 1 heterocycles. The fourth-order valence-corrected chi connectivity index (χ4v) is 1.90. The highest BCUT2D eigenvalue weighted by Crippen LogP contribution is 2.06. The van der Waals surface area contributed by atoms with E-state index < -0.39 is 0 Å². The Morgan fingerprint density at radius 3 is 2.86 bits per heavy atom. The summed E-state index contributed by atoms with van der Waals surface area (Å²) in [4.78, 5) is 17.5. The van der Waals surface area contributed by atoms with Crippen LogP contribution < -0.4 is 0 Å². The molecule has 0 atom stereocenters. The second-order valence-electron chi connectivity index (χ2n) is 3.00. The van der Waals surface area contributed by atoms with Gasteiger partial charge in [-0.1, -0.05) is 6.92 Å². The zero-order valence-electron chi connectivity index (χ0n) is 8.69. The van der Waals surface area contributed by atoms with Crippen LogP contribution in [-0.2, 0) is 11.2 Å². The van der Waals surface area contributed by atoms with Crippen LogP contribution in [0.15, 0.2) is 11.6 Å². The van der Waals surface area contributed by atoms with Gasteiger partial charge in [0.05, 0.1) is 5.01 Å². The Labute approximate surface area is 88.8 Å². The minimum absolute atomic E-state index is 0.226. The zero-order chi connectivity index (χ0) is 10.4. The third-order valence-electron chi connectivity index (χ3n) is 2.12. The van der Waals surface area contributed by atoms with Gasteiger partial charge in [0, 0.05) is 37.5 Å². The summed E-state index contributed by atoms with van der Waals surface area (Å²) in [7, 11) is 0. The molecular formula is C10H16N2OS. The van der Waals surface area contributed by atoms with Gasteiger partial charge in [0.25, 0.3) is 0 Å². The molecule has 0 radical (unpaired) electrons. The third-order valence-corrected chi connectivity index (χ3v) is 2.96. The predicted octanol–water partition coefficient (Wildman–Crippen LogP) is 1.94. The van der Waals surface area contributed by atoms with E-state index in [-0.39, 0.29) is 5.91 Å². The van der Waals surface area contributed by atoms with Gasteiger partial charge >= 0.3 is 0 Å². The van der Waals surface area contributed by atoms with Gasteiger partial charge in [0.2, 0.25) is 5.91 Å². The quantitative estimate of drug-likeness (QED) is 0.747. The summed E-state index contributed by atoms with van der Waals surface area (Å²) in [5.41, 5.74) is 0. The van der Waals surface area contributed by atoms with Gasteiger partial charge in [-0.2, -0.15) is 0 Å². The molecule has 0 N–H and O–H groups in total. The van der Waals surface area contributed by atoms with Crippen molar-refractivity contribution in [3.05, 3.63) is 16.6 Å². The number of hydrogen-bond donors (Lipinski definition) is 0. The van der Waals surface area contributed by atoms with Crippen LogP contribution in [0.2, 0.25) is 0 Å². The lowest BCUT2D eigenvalue weighted by Crippen LogP contribution is -2.31. The molecular weight excluding hydrogens is 196 g/mol. The van der Waals surface area contributed by atoms with E-state index in [1.54, 1.807) is 17.5 Å². The van der Waals surface area contributed by atoms with Crippen LogP contribution in [0.4, 0.5) is 0 Å². The molecule has 0 fully saturated rings. The molecule has 0 bridgehead atoms. The Balaban J connectivity index is 2.38. The van der Waals surface area contributed by atoms with Gasteiger partial charge in [0.15, 0.2) is 0 Å². The van der Waals surface area contributed by atoms with Crippen molar-refractivity contribution < 1.29 is 4.79 Å². The summed E-state index contributed by atoms with van der Waals surface area (Å²) in [6.45, 7) is 5.48. The molecule has 78 valence electrons. The van der Waals surface area contributed by atoms with E-state index in [4.69, 9.17) is 0 Å². The highest BCUT2D eigenvalue weighted by molar-refractivity contribution is 7.09. The topological polar surface area (TPSA) is 33.2 Å². The SMILES string of the molecule is CCC(=O)N(CC)CCc1nccs1. The van der Waals surface area contributed by atoms with Crippen molar-refractivity contribution in [1.29, 1.82) is 0 Å². The van der Waals surface area contributed by atoms with Crippen LogP contribution in [0.25, 0.3) is 0 Å². The van der Waals surface area contributed by atoms with Crippen LogP contribution >= 0.6 is 11.3 Å². The molecule has 4 heteroatoms. The maximum absolute atomic E-state index is 11.4. The molecule has 0 aromatic carbocycles. The lowest BCUT2D eigenvalue weighted by molar-refractivity contribution is -0.130. The molecule has 14 heavy (non-hydrogen) atoms. The highest BCUT2D eigenvalue weighted by atomic mass is 32.1. The fourth-order valence-electron chi connectivity index (χ4n) is 1.29. The van der Waals surface area contributed by atoms with Crippen LogP contribution in [-0.4, -0.2) is 28.9 Å². The van der Waals surface area contributed by atoms with Gasteiger partial charge in [-0.05, 0) is 6.92 Å². The van der Waals surface area contributed by atoms with Crippen molar-refractivity contribution in [2.75, 3.05) is 13.1 Å². The van der Waals surface area contributed by atoms with E-state index in [1.807, 2.05) is 24.1 Å². The lowest BCUT2D eigenvalue weighted by Gasteiger charge is -2.19. The Hall–Kier alpha value is -0.900. The molecule has 1 aromatic heterocycles. The van der Waals surface area contributed by atoms with Gasteiger partial charge in [-0.3, -0.25) is 4.79 Å². The van der Waals surface area contributed by atoms with E-state index in [9.17, 15) is 4.79 Å². The molecule has 0 saturated heterocycles. The Bertz CT molecular complexity index is 272. The fraction of sp³-hybridized carbons (Fsp3) is 0.600. The Morgan fingerprint density at radius 2 is 2.36 bits per heavy atom. The van der Waals surface area contributed by atoms with Crippen LogP contribution in [0.3, 0.4) is 0 Å². The molecule has 0 aliphatic rings. The lowest BCUT2D eigenvalue weighted by atomic mass is 10.3. The summed E-state index contributed by atoms with van der Waals surface area (Å²) in [6, 6.07) is 0. The number of aromatic nitrogens is 1. The van der Waals surface area contributed by atoms with Crippen molar-refractivity contribution >= 4 is 17.2 Å². The number of nitrogens with zero attached hydrogens (tertiary/aromatic N) is 2. The average molecular weight is 212 g/mol. The van der Waals surface area contributed by atoms with Crippen molar-refractivity contribution in [2.45, 2.75) is 26.7 Å². The first-order valence-corrected chi connectivity index (χ1v) is 5.82. The summed E-state index contributed by atoms with van der Waals surface area (Å²) in [6.07, 6.45) is 3.26. The van der Waals surface area contributed by atoms with Crippen LogP contribution in [0.1, 0.15) is 25.3 Å². The molecule has 1 rings (SSSR count). The van der Waals surface area contributed by atoms with E-state index in [2.05, 4.69) is 4.98 Å². The number of rotatable bonds is 5.